The van der Waals surface area contributed by atoms with Crippen LogP contribution in [0.3, 0.4) is 0 Å². The smallest absolute Gasteiger partial charge is 0.145 e. The van der Waals surface area contributed by atoms with Gasteiger partial charge in [0.05, 0.1) is 11.6 Å². The monoisotopic (exact) mass is 255 g/mol. The van der Waals surface area contributed by atoms with Crippen LogP contribution < -0.4 is 11.3 Å². The van der Waals surface area contributed by atoms with Crippen molar-refractivity contribution in [1.82, 2.24) is 9.88 Å². The third-order valence-corrected chi connectivity index (χ3v) is 2.99. The van der Waals surface area contributed by atoms with Crippen LogP contribution in [0, 0.1) is 11.3 Å². The minimum absolute atomic E-state index is 0.517. The van der Waals surface area contributed by atoms with Crippen molar-refractivity contribution < 1.29 is 0 Å². The molecule has 0 aliphatic rings. The van der Waals surface area contributed by atoms with E-state index in [1.165, 1.54) is 0 Å². The van der Waals surface area contributed by atoms with Gasteiger partial charge in [0.25, 0.3) is 0 Å². The van der Waals surface area contributed by atoms with Crippen molar-refractivity contribution in [3.8, 4) is 6.07 Å². The number of anilines is 1. The van der Waals surface area contributed by atoms with Crippen LogP contribution in [-0.4, -0.2) is 23.5 Å². The second-order valence-electron chi connectivity index (χ2n) is 4.48. The SMILES string of the molecule is CN(CCC#N)Cc1cc2ccccc2nc1NN. The molecule has 0 radical (unpaired) electrons. The number of hydrazine groups is 1. The fourth-order valence-electron chi connectivity index (χ4n) is 2.02. The molecular formula is C14H17N5. The summed E-state index contributed by atoms with van der Waals surface area (Å²) >= 11 is 0. The van der Waals surface area contributed by atoms with E-state index in [2.05, 4.69) is 27.4 Å². The lowest BCUT2D eigenvalue weighted by molar-refractivity contribution is 0.335. The molecule has 2 rings (SSSR count). The van der Waals surface area contributed by atoms with E-state index in [-0.39, 0.29) is 0 Å². The number of para-hydroxylation sites is 1. The summed E-state index contributed by atoms with van der Waals surface area (Å²) in [7, 11) is 1.98. The molecule has 0 saturated heterocycles. The number of aromatic nitrogens is 1. The quantitative estimate of drug-likeness (QED) is 0.630. The second-order valence-corrected chi connectivity index (χ2v) is 4.48. The maximum Gasteiger partial charge on any atom is 0.145 e. The predicted octanol–water partition coefficient (Wildman–Crippen LogP) is 1.87. The van der Waals surface area contributed by atoms with Gasteiger partial charge in [-0.2, -0.15) is 5.26 Å². The normalized spacial score (nSPS) is 10.6. The molecule has 2 aromatic rings. The van der Waals surface area contributed by atoms with Crippen molar-refractivity contribution in [2.24, 2.45) is 5.84 Å². The Labute approximate surface area is 112 Å². The van der Waals surface area contributed by atoms with Crippen LogP contribution in [0.5, 0.6) is 0 Å². The van der Waals surface area contributed by atoms with E-state index >= 15 is 0 Å². The summed E-state index contributed by atoms with van der Waals surface area (Å²) in [5.41, 5.74) is 4.59. The fraction of sp³-hybridized carbons (Fsp3) is 0.286. The number of rotatable bonds is 5. The lowest BCUT2D eigenvalue weighted by Crippen LogP contribution is -2.21. The zero-order valence-corrected chi connectivity index (χ0v) is 10.9. The first kappa shape index (κ1) is 13.3. The van der Waals surface area contributed by atoms with Crippen molar-refractivity contribution in [2.45, 2.75) is 13.0 Å². The average molecular weight is 255 g/mol. The van der Waals surface area contributed by atoms with Crippen molar-refractivity contribution >= 4 is 16.7 Å². The molecule has 0 bridgehead atoms. The molecule has 0 aliphatic carbocycles. The molecule has 1 aromatic carbocycles. The van der Waals surface area contributed by atoms with Crippen LogP contribution in [0.2, 0.25) is 0 Å². The summed E-state index contributed by atoms with van der Waals surface area (Å²) in [6.07, 6.45) is 0.517. The summed E-state index contributed by atoms with van der Waals surface area (Å²) < 4.78 is 0. The van der Waals surface area contributed by atoms with Gasteiger partial charge in [-0.15, -0.1) is 0 Å². The van der Waals surface area contributed by atoms with E-state index in [1.54, 1.807) is 0 Å². The minimum Gasteiger partial charge on any atom is -0.308 e. The Bertz CT molecular complexity index is 602. The molecule has 0 aliphatic heterocycles. The molecule has 3 N–H and O–H groups in total. The first-order valence-electron chi connectivity index (χ1n) is 6.15. The number of benzene rings is 1. The maximum atomic E-state index is 8.60. The van der Waals surface area contributed by atoms with Crippen molar-refractivity contribution in [2.75, 3.05) is 19.0 Å². The summed E-state index contributed by atoms with van der Waals surface area (Å²) in [6, 6.07) is 12.2. The van der Waals surface area contributed by atoms with Crippen LogP contribution >= 0.6 is 0 Å². The minimum atomic E-state index is 0.517. The summed E-state index contributed by atoms with van der Waals surface area (Å²) in [5.74, 6) is 6.22. The average Bonchev–Trinajstić information content (AvgIpc) is 2.44. The van der Waals surface area contributed by atoms with Crippen LogP contribution in [0.1, 0.15) is 12.0 Å². The van der Waals surface area contributed by atoms with E-state index in [4.69, 9.17) is 11.1 Å². The maximum absolute atomic E-state index is 8.60. The number of nitriles is 1. The van der Waals surface area contributed by atoms with Crippen LogP contribution in [-0.2, 0) is 6.54 Å². The standard InChI is InChI=1S/C14H17N5/c1-19(8-4-7-15)10-12-9-11-5-2-3-6-13(11)17-14(12)18-16/h2-3,5-6,9H,4,8,10,16H2,1H3,(H,17,18). The van der Waals surface area contributed by atoms with Gasteiger partial charge in [-0.3, -0.25) is 0 Å². The Kier molecular flexibility index (Phi) is 4.29. The number of nitrogens with zero attached hydrogens (tertiary/aromatic N) is 3. The van der Waals surface area contributed by atoms with Gasteiger partial charge in [0.2, 0.25) is 0 Å². The number of nitrogens with one attached hydrogen (secondary N) is 1. The van der Waals surface area contributed by atoms with Gasteiger partial charge >= 0.3 is 0 Å². The highest BCUT2D eigenvalue weighted by Gasteiger charge is 2.08. The largest absolute Gasteiger partial charge is 0.308 e. The molecule has 0 saturated carbocycles. The van der Waals surface area contributed by atoms with E-state index < -0.39 is 0 Å². The molecule has 98 valence electrons. The van der Waals surface area contributed by atoms with Gasteiger partial charge in [0.1, 0.15) is 5.82 Å². The van der Waals surface area contributed by atoms with E-state index in [0.717, 1.165) is 23.0 Å². The number of hydrogen-bond acceptors (Lipinski definition) is 5. The van der Waals surface area contributed by atoms with Crippen molar-refractivity contribution in [1.29, 1.82) is 5.26 Å². The number of hydrogen-bond donors (Lipinski definition) is 2. The van der Waals surface area contributed by atoms with Gasteiger partial charge in [-0.25, -0.2) is 10.8 Å². The Balaban J connectivity index is 2.28. The Hall–Kier alpha value is -2.16. The highest BCUT2D eigenvalue weighted by molar-refractivity contribution is 5.81. The molecule has 0 spiro atoms. The molecule has 5 nitrogen and oxygen atoms in total. The van der Waals surface area contributed by atoms with Gasteiger partial charge in [0, 0.05) is 30.5 Å². The summed E-state index contributed by atoms with van der Waals surface area (Å²) in [5, 5.41) is 9.69. The van der Waals surface area contributed by atoms with Gasteiger partial charge in [-0.1, -0.05) is 18.2 Å². The molecule has 1 aromatic heterocycles. The molecular weight excluding hydrogens is 238 g/mol. The highest BCUT2D eigenvalue weighted by atomic mass is 15.3. The van der Waals surface area contributed by atoms with E-state index in [0.29, 0.717) is 18.8 Å². The fourth-order valence-corrected chi connectivity index (χ4v) is 2.02. The first-order valence-corrected chi connectivity index (χ1v) is 6.15. The van der Waals surface area contributed by atoms with E-state index in [9.17, 15) is 0 Å². The number of fused-ring (bicyclic) bond motifs is 1. The predicted molar refractivity (Wildman–Crippen MR) is 76.1 cm³/mol. The zero-order valence-electron chi connectivity index (χ0n) is 10.9. The van der Waals surface area contributed by atoms with Crippen LogP contribution in [0.25, 0.3) is 10.9 Å². The third kappa shape index (κ3) is 3.19. The zero-order chi connectivity index (χ0) is 13.7. The molecule has 0 amide bonds. The Morgan fingerprint density at radius 3 is 2.95 bits per heavy atom. The molecule has 5 heteroatoms. The number of nitrogen functional groups attached to an aromatic ring is 1. The molecule has 0 unspecified atom stereocenters. The third-order valence-electron chi connectivity index (χ3n) is 2.99. The Morgan fingerprint density at radius 1 is 1.42 bits per heavy atom. The molecule has 0 atom stereocenters. The van der Waals surface area contributed by atoms with Crippen LogP contribution in [0.4, 0.5) is 5.82 Å². The number of pyridine rings is 1. The Morgan fingerprint density at radius 2 is 2.21 bits per heavy atom. The second kappa shape index (κ2) is 6.14. The van der Waals surface area contributed by atoms with E-state index in [1.807, 2.05) is 31.3 Å². The first-order chi connectivity index (χ1) is 9.24. The molecule has 19 heavy (non-hydrogen) atoms. The van der Waals surface area contributed by atoms with Crippen molar-refractivity contribution in [3.63, 3.8) is 0 Å². The highest BCUT2D eigenvalue weighted by Crippen LogP contribution is 2.20. The molecule has 0 fully saturated rings. The van der Waals surface area contributed by atoms with Crippen LogP contribution in [0.15, 0.2) is 30.3 Å². The van der Waals surface area contributed by atoms with Gasteiger partial charge in [-0.05, 0) is 19.2 Å². The van der Waals surface area contributed by atoms with Gasteiger partial charge in [0.15, 0.2) is 0 Å². The lowest BCUT2D eigenvalue weighted by Gasteiger charge is -2.17. The molecule has 1 heterocycles. The topological polar surface area (TPSA) is 78.0 Å². The summed E-state index contributed by atoms with van der Waals surface area (Å²) in [6.45, 7) is 1.44. The van der Waals surface area contributed by atoms with Crippen molar-refractivity contribution in [3.05, 3.63) is 35.9 Å². The lowest BCUT2D eigenvalue weighted by atomic mass is 10.1. The number of nitrogens with two attached hydrogens (primary N) is 1. The van der Waals surface area contributed by atoms with Gasteiger partial charge < -0.3 is 10.3 Å². The summed E-state index contributed by atoms with van der Waals surface area (Å²) in [4.78, 5) is 6.58.